The smallest absolute Gasteiger partial charge is 0.243 e. The van der Waals surface area contributed by atoms with Gasteiger partial charge in [-0.05, 0) is 29.7 Å². The van der Waals surface area contributed by atoms with Crippen LogP contribution in [0.4, 0.5) is 0 Å². The summed E-state index contributed by atoms with van der Waals surface area (Å²) >= 11 is 1.98. The van der Waals surface area contributed by atoms with E-state index < -0.39 is 0 Å². The lowest BCUT2D eigenvalue weighted by molar-refractivity contribution is -0.137. The number of hydrogen-bond donors (Lipinski definition) is 1. The first-order valence-electron chi connectivity index (χ1n) is 11.6. The van der Waals surface area contributed by atoms with Gasteiger partial charge in [0.1, 0.15) is 12.4 Å². The Morgan fingerprint density at radius 1 is 1.12 bits per heavy atom. The minimum Gasteiger partial charge on any atom is -0.492 e. The predicted molar refractivity (Wildman–Crippen MR) is 127 cm³/mol. The molecular formula is C25H29N3O4S. The van der Waals surface area contributed by atoms with Crippen molar-refractivity contribution in [2.75, 3.05) is 37.7 Å². The monoisotopic (exact) mass is 467 g/mol. The van der Waals surface area contributed by atoms with Crippen molar-refractivity contribution in [1.29, 1.82) is 0 Å². The van der Waals surface area contributed by atoms with Gasteiger partial charge in [0.25, 0.3) is 0 Å². The largest absolute Gasteiger partial charge is 0.492 e. The summed E-state index contributed by atoms with van der Waals surface area (Å²) in [5.74, 6) is 2.47. The van der Waals surface area contributed by atoms with Gasteiger partial charge in [-0.3, -0.25) is 29.5 Å². The second-order valence-corrected chi connectivity index (χ2v) is 10.3. The van der Waals surface area contributed by atoms with E-state index in [0.717, 1.165) is 53.6 Å². The van der Waals surface area contributed by atoms with E-state index in [1.54, 1.807) is 6.08 Å². The number of benzene rings is 1. The number of allylic oxidation sites excluding steroid dienone is 1. The van der Waals surface area contributed by atoms with Gasteiger partial charge in [0.2, 0.25) is 11.8 Å². The van der Waals surface area contributed by atoms with Crippen molar-refractivity contribution >= 4 is 29.4 Å². The number of carbonyl (C=O) groups excluding carboxylic acids is 3. The molecule has 1 aromatic rings. The van der Waals surface area contributed by atoms with Gasteiger partial charge in [-0.2, -0.15) is 11.8 Å². The van der Waals surface area contributed by atoms with E-state index in [9.17, 15) is 14.4 Å². The average Bonchev–Trinajstić information content (AvgIpc) is 3.24. The molecule has 2 unspecified atom stereocenters. The van der Waals surface area contributed by atoms with Crippen LogP contribution in [0.3, 0.4) is 0 Å². The van der Waals surface area contributed by atoms with Crippen LogP contribution in [0.25, 0.3) is 0 Å². The highest BCUT2D eigenvalue weighted by atomic mass is 32.2. The van der Waals surface area contributed by atoms with Gasteiger partial charge >= 0.3 is 0 Å². The highest BCUT2D eigenvalue weighted by Gasteiger charge is 2.35. The topological polar surface area (TPSA) is 79.0 Å². The second-order valence-electron chi connectivity index (χ2n) is 9.05. The van der Waals surface area contributed by atoms with Gasteiger partial charge in [-0.25, -0.2) is 0 Å². The zero-order chi connectivity index (χ0) is 22.8. The van der Waals surface area contributed by atoms with E-state index in [1.165, 1.54) is 0 Å². The first-order valence-corrected chi connectivity index (χ1v) is 12.8. The number of carbonyl (C=O) groups is 3. The van der Waals surface area contributed by atoms with Crippen LogP contribution >= 0.6 is 11.8 Å². The number of ether oxygens (including phenoxy) is 1. The zero-order valence-electron chi connectivity index (χ0n) is 18.6. The summed E-state index contributed by atoms with van der Waals surface area (Å²) in [7, 11) is 0. The number of ketones is 1. The molecule has 1 aromatic carbocycles. The van der Waals surface area contributed by atoms with Gasteiger partial charge in [-0.1, -0.05) is 24.3 Å². The fourth-order valence-corrected chi connectivity index (χ4v) is 5.89. The molecule has 2 atom stereocenters. The molecule has 33 heavy (non-hydrogen) atoms. The lowest BCUT2D eigenvalue weighted by atomic mass is 9.95. The van der Waals surface area contributed by atoms with Crippen molar-refractivity contribution < 1.29 is 19.1 Å². The standard InChI is InChI=1S/C25H29N3O4S/c29-22-12-17(13-27-8-10-33-11-9-27)4-5-19(22)16-32-23-3-1-2-18-14-28(15-20(18)23)21-6-7-24(30)26-25(21)31/h1-5,12,19,21H,6-11,13-16H2,(H,26,30,31). The molecule has 2 saturated heterocycles. The van der Waals surface area contributed by atoms with Crippen LogP contribution in [0, 0.1) is 5.92 Å². The zero-order valence-corrected chi connectivity index (χ0v) is 19.4. The number of piperidine rings is 1. The number of nitrogens with zero attached hydrogens (tertiary/aromatic N) is 2. The van der Waals surface area contributed by atoms with Crippen molar-refractivity contribution in [1.82, 2.24) is 15.1 Å². The molecule has 5 rings (SSSR count). The maximum atomic E-state index is 12.7. The van der Waals surface area contributed by atoms with Gasteiger partial charge < -0.3 is 4.74 Å². The Labute approximate surface area is 198 Å². The molecule has 0 bridgehead atoms. The Morgan fingerprint density at radius 3 is 2.76 bits per heavy atom. The number of imide groups is 1. The second kappa shape index (κ2) is 9.83. The Bertz CT molecular complexity index is 1010. The average molecular weight is 468 g/mol. The Kier molecular flexibility index (Phi) is 6.66. The molecule has 3 aliphatic heterocycles. The summed E-state index contributed by atoms with van der Waals surface area (Å²) in [4.78, 5) is 41.0. The number of hydrogen-bond acceptors (Lipinski definition) is 7. The van der Waals surface area contributed by atoms with E-state index in [4.69, 9.17) is 4.74 Å². The minimum absolute atomic E-state index is 0.0941. The molecule has 174 valence electrons. The maximum Gasteiger partial charge on any atom is 0.243 e. The van der Waals surface area contributed by atoms with Crippen molar-refractivity contribution in [3.8, 4) is 5.75 Å². The first-order chi connectivity index (χ1) is 16.1. The lowest BCUT2D eigenvalue weighted by Crippen LogP contribution is -2.50. The summed E-state index contributed by atoms with van der Waals surface area (Å²) in [6.45, 7) is 4.54. The number of amides is 2. The third-order valence-electron chi connectivity index (χ3n) is 6.78. The van der Waals surface area contributed by atoms with Crippen molar-refractivity contribution in [2.24, 2.45) is 5.92 Å². The normalized spacial score (nSPS) is 26.2. The van der Waals surface area contributed by atoms with Crippen molar-refractivity contribution in [3.63, 3.8) is 0 Å². The third-order valence-corrected chi connectivity index (χ3v) is 7.72. The summed E-state index contributed by atoms with van der Waals surface area (Å²) in [5.41, 5.74) is 3.27. The Hall–Kier alpha value is -2.42. The first kappa shape index (κ1) is 22.4. The fourth-order valence-electron chi connectivity index (χ4n) is 4.91. The summed E-state index contributed by atoms with van der Waals surface area (Å²) in [5, 5.41) is 2.44. The quantitative estimate of drug-likeness (QED) is 0.641. The van der Waals surface area contributed by atoms with Crippen LogP contribution in [-0.2, 0) is 27.5 Å². The molecule has 2 fully saturated rings. The van der Waals surface area contributed by atoms with Crippen LogP contribution in [0.5, 0.6) is 5.75 Å². The SMILES string of the molecule is O=C1CCC(N2Cc3cccc(OCC4C=CC(CN5CCSCC5)=CC4=O)c3C2)C(=O)N1. The Morgan fingerprint density at radius 2 is 1.97 bits per heavy atom. The van der Waals surface area contributed by atoms with Gasteiger partial charge in [-0.15, -0.1) is 0 Å². The summed E-state index contributed by atoms with van der Waals surface area (Å²) < 4.78 is 6.13. The van der Waals surface area contributed by atoms with E-state index in [1.807, 2.05) is 36.0 Å². The molecule has 4 aliphatic rings. The van der Waals surface area contributed by atoms with Gasteiger partial charge in [0.15, 0.2) is 5.78 Å². The summed E-state index contributed by atoms with van der Waals surface area (Å²) in [6.07, 6.45) is 6.72. The van der Waals surface area contributed by atoms with Crippen molar-refractivity contribution in [3.05, 3.63) is 53.1 Å². The highest BCUT2D eigenvalue weighted by molar-refractivity contribution is 7.99. The van der Waals surface area contributed by atoms with E-state index in [-0.39, 0.29) is 29.6 Å². The van der Waals surface area contributed by atoms with E-state index >= 15 is 0 Å². The molecule has 0 spiro atoms. The molecule has 8 heteroatoms. The molecule has 1 aliphatic carbocycles. The molecular weight excluding hydrogens is 438 g/mol. The molecule has 0 saturated carbocycles. The number of rotatable bonds is 6. The number of thioether (sulfide) groups is 1. The fraction of sp³-hybridized carbons (Fsp3) is 0.480. The van der Waals surface area contributed by atoms with E-state index in [2.05, 4.69) is 21.2 Å². The lowest BCUT2D eigenvalue weighted by Gasteiger charge is -2.29. The third kappa shape index (κ3) is 5.08. The molecule has 3 heterocycles. The van der Waals surface area contributed by atoms with Gasteiger partial charge in [0, 0.05) is 56.2 Å². The van der Waals surface area contributed by atoms with Crippen molar-refractivity contribution in [2.45, 2.75) is 32.0 Å². The van der Waals surface area contributed by atoms with Crippen LogP contribution in [-0.4, -0.2) is 71.2 Å². The minimum atomic E-state index is -0.298. The molecule has 2 amide bonds. The van der Waals surface area contributed by atoms with Crippen LogP contribution in [0.2, 0.25) is 0 Å². The van der Waals surface area contributed by atoms with Gasteiger partial charge in [0.05, 0.1) is 12.0 Å². The Balaban J connectivity index is 1.18. The van der Waals surface area contributed by atoms with E-state index in [0.29, 0.717) is 32.5 Å². The van der Waals surface area contributed by atoms with Crippen LogP contribution < -0.4 is 10.1 Å². The maximum absolute atomic E-state index is 12.7. The molecule has 0 radical (unpaired) electrons. The van der Waals surface area contributed by atoms with Crippen LogP contribution in [0.1, 0.15) is 24.0 Å². The van der Waals surface area contributed by atoms with Crippen LogP contribution in [0.15, 0.2) is 42.0 Å². The predicted octanol–water partition coefficient (Wildman–Crippen LogP) is 1.92. The highest BCUT2D eigenvalue weighted by Crippen LogP contribution is 2.34. The molecule has 1 N–H and O–H groups in total. The molecule has 7 nitrogen and oxygen atoms in total. The molecule has 0 aromatic heterocycles. The number of nitrogens with one attached hydrogen (secondary N) is 1. The summed E-state index contributed by atoms with van der Waals surface area (Å²) in [6, 6.07) is 5.64. The number of fused-ring (bicyclic) bond motifs is 1.